The number of nitrogens with two attached hydrogens (primary N) is 1. The van der Waals surface area contributed by atoms with Gasteiger partial charge in [-0.05, 0) is 56.0 Å². The highest BCUT2D eigenvalue weighted by atomic mass is 35.5. The van der Waals surface area contributed by atoms with E-state index in [0.717, 1.165) is 36.3 Å². The minimum atomic E-state index is -0.179. The first-order chi connectivity index (χ1) is 14.8. The zero-order valence-electron chi connectivity index (χ0n) is 18.4. The Balaban J connectivity index is 1.70. The van der Waals surface area contributed by atoms with E-state index in [1.54, 1.807) is 9.13 Å². The Morgan fingerprint density at radius 1 is 1.16 bits per heavy atom. The van der Waals surface area contributed by atoms with Crippen molar-refractivity contribution >= 4 is 28.7 Å². The first kappa shape index (κ1) is 21.4. The van der Waals surface area contributed by atoms with Crippen LogP contribution >= 0.6 is 11.6 Å². The fourth-order valence-corrected chi connectivity index (χ4v) is 4.36. The maximum atomic E-state index is 13.4. The molecule has 8 nitrogen and oxygen atoms in total. The molecule has 3 aromatic heterocycles. The second-order valence-corrected chi connectivity index (χ2v) is 8.73. The molecule has 164 valence electrons. The van der Waals surface area contributed by atoms with Gasteiger partial charge in [-0.2, -0.15) is 9.97 Å². The molecule has 0 fully saturated rings. The molecule has 4 heterocycles. The van der Waals surface area contributed by atoms with Crippen LogP contribution in [0.3, 0.4) is 0 Å². The molecule has 1 aliphatic rings. The highest BCUT2D eigenvalue weighted by Crippen LogP contribution is 2.23. The van der Waals surface area contributed by atoms with Crippen LogP contribution in [0, 0.1) is 26.7 Å². The lowest BCUT2D eigenvalue weighted by Crippen LogP contribution is -2.27. The van der Waals surface area contributed by atoms with Crippen molar-refractivity contribution in [1.82, 2.24) is 29.0 Å². The smallest absolute Gasteiger partial charge is 0.330 e. The molecule has 0 saturated carbocycles. The number of hydrogen-bond donors (Lipinski definition) is 1. The predicted octanol–water partition coefficient (Wildman–Crippen LogP) is 3.05. The molecule has 2 N–H and O–H groups in total. The van der Waals surface area contributed by atoms with E-state index in [2.05, 4.69) is 46.0 Å². The van der Waals surface area contributed by atoms with Crippen LogP contribution in [-0.2, 0) is 13.1 Å². The summed E-state index contributed by atoms with van der Waals surface area (Å²) in [7, 11) is 0. The summed E-state index contributed by atoms with van der Waals surface area (Å²) in [6, 6.07) is 0. The third-order valence-electron chi connectivity index (χ3n) is 6.11. The van der Waals surface area contributed by atoms with Crippen molar-refractivity contribution in [3.05, 3.63) is 56.5 Å². The predicted molar refractivity (Wildman–Crippen MR) is 123 cm³/mol. The van der Waals surface area contributed by atoms with Gasteiger partial charge in [0.1, 0.15) is 5.52 Å². The first-order valence-electron chi connectivity index (χ1n) is 10.5. The molecular formula is C22H28ClN7O. The topological polar surface area (TPSA) is 94.9 Å². The lowest BCUT2D eigenvalue weighted by atomic mass is 10.0. The van der Waals surface area contributed by atoms with Gasteiger partial charge in [0.05, 0.1) is 12.2 Å². The van der Waals surface area contributed by atoms with Crippen LogP contribution < -0.4 is 11.4 Å². The number of imidazole rings is 1. The van der Waals surface area contributed by atoms with Crippen LogP contribution in [0.15, 0.2) is 23.3 Å². The molecule has 1 atom stereocenters. The molecule has 9 heteroatoms. The van der Waals surface area contributed by atoms with Crippen LogP contribution in [0.5, 0.6) is 0 Å². The lowest BCUT2D eigenvalue weighted by molar-refractivity contribution is 0.360. The van der Waals surface area contributed by atoms with E-state index in [9.17, 15) is 4.79 Å². The fraction of sp³-hybridized carbons (Fsp3) is 0.455. The Bertz CT molecular complexity index is 1230. The number of nitrogen functional groups attached to an aromatic ring is 1. The largest absolute Gasteiger partial charge is 0.377 e. The Hall–Kier alpha value is -2.87. The number of aromatic nitrogens is 5. The van der Waals surface area contributed by atoms with E-state index in [1.807, 2.05) is 20.0 Å². The molecule has 0 radical (unpaired) electrons. The van der Waals surface area contributed by atoms with Crippen molar-refractivity contribution in [2.75, 3.05) is 18.8 Å². The van der Waals surface area contributed by atoms with Gasteiger partial charge in [0.15, 0.2) is 10.8 Å². The monoisotopic (exact) mass is 441 g/mol. The Kier molecular flexibility index (Phi) is 5.75. The van der Waals surface area contributed by atoms with Crippen LogP contribution in [0.25, 0.3) is 11.2 Å². The normalized spacial score (nSPS) is 16.0. The minimum Gasteiger partial charge on any atom is -0.377 e. The van der Waals surface area contributed by atoms with Crippen LogP contribution in [0.2, 0.25) is 5.15 Å². The summed E-state index contributed by atoms with van der Waals surface area (Å²) in [4.78, 5) is 28.7. The Morgan fingerprint density at radius 3 is 2.65 bits per heavy atom. The fourth-order valence-electron chi connectivity index (χ4n) is 4.08. The number of pyridine rings is 1. The molecule has 0 amide bonds. The summed E-state index contributed by atoms with van der Waals surface area (Å²) in [5.74, 6) is 0.605. The summed E-state index contributed by atoms with van der Waals surface area (Å²) >= 11 is 6.42. The molecule has 1 aliphatic heterocycles. The zero-order chi connectivity index (χ0) is 22.3. The van der Waals surface area contributed by atoms with Gasteiger partial charge in [0.2, 0.25) is 5.95 Å². The molecule has 4 rings (SSSR count). The van der Waals surface area contributed by atoms with E-state index < -0.39 is 0 Å². The van der Waals surface area contributed by atoms with Crippen molar-refractivity contribution in [1.29, 1.82) is 0 Å². The molecule has 0 saturated heterocycles. The van der Waals surface area contributed by atoms with Gasteiger partial charge in [-0.3, -0.25) is 14.1 Å². The highest BCUT2D eigenvalue weighted by Gasteiger charge is 2.21. The van der Waals surface area contributed by atoms with Gasteiger partial charge in [-0.1, -0.05) is 24.6 Å². The third-order valence-corrected chi connectivity index (χ3v) is 6.38. The maximum Gasteiger partial charge on any atom is 0.330 e. The van der Waals surface area contributed by atoms with Gasteiger partial charge in [-0.25, -0.2) is 4.79 Å². The molecule has 0 bridgehead atoms. The van der Waals surface area contributed by atoms with Crippen molar-refractivity contribution in [2.24, 2.45) is 5.92 Å². The summed E-state index contributed by atoms with van der Waals surface area (Å²) in [5, 5.41) is 0.192. The van der Waals surface area contributed by atoms with Gasteiger partial charge in [0, 0.05) is 25.8 Å². The van der Waals surface area contributed by atoms with Gasteiger partial charge in [0.25, 0.3) is 0 Å². The summed E-state index contributed by atoms with van der Waals surface area (Å²) in [6.07, 6.45) is 6.96. The number of hydrogen-bond acceptors (Lipinski definition) is 6. The summed E-state index contributed by atoms with van der Waals surface area (Å²) in [6.45, 7) is 11.0. The lowest BCUT2D eigenvalue weighted by Gasteiger charge is -2.16. The van der Waals surface area contributed by atoms with Crippen molar-refractivity contribution in [3.8, 4) is 0 Å². The van der Waals surface area contributed by atoms with Gasteiger partial charge >= 0.3 is 5.69 Å². The maximum absolute atomic E-state index is 13.4. The molecule has 1 unspecified atom stereocenters. The van der Waals surface area contributed by atoms with Gasteiger partial charge in [-0.15, -0.1) is 0 Å². The molecule has 3 aromatic rings. The average molecular weight is 442 g/mol. The molecule has 31 heavy (non-hydrogen) atoms. The molecular weight excluding hydrogens is 414 g/mol. The number of rotatable bonds is 6. The minimum absolute atomic E-state index is 0.0457. The summed E-state index contributed by atoms with van der Waals surface area (Å²) in [5.41, 5.74) is 10.8. The Morgan fingerprint density at radius 2 is 1.94 bits per heavy atom. The standard InChI is InChI=1S/C22H28ClN7O/c1-13-6-9-28(11-13)7-5-8-29-18-19(23)26-21(24)27-20(18)30(22(29)31)12-17-16(4)15(3)14(2)10-25-17/h6,9-10,13H,5,7-8,11-12H2,1-4H3,(H2,24,26,27). The van der Waals surface area contributed by atoms with Crippen LogP contribution in [0.1, 0.15) is 35.7 Å². The number of nitrogens with zero attached hydrogens (tertiary/aromatic N) is 6. The number of aryl methyl sites for hydroxylation is 2. The molecule has 0 aromatic carbocycles. The second-order valence-electron chi connectivity index (χ2n) is 8.37. The van der Waals surface area contributed by atoms with E-state index in [4.69, 9.17) is 17.3 Å². The second kappa shape index (κ2) is 8.34. The average Bonchev–Trinajstić information content (AvgIpc) is 3.24. The van der Waals surface area contributed by atoms with E-state index in [-0.39, 0.29) is 16.8 Å². The van der Waals surface area contributed by atoms with Crippen LogP contribution in [-0.4, -0.2) is 42.1 Å². The van der Waals surface area contributed by atoms with E-state index >= 15 is 0 Å². The quantitative estimate of drug-likeness (QED) is 0.591. The first-order valence-corrected chi connectivity index (χ1v) is 10.9. The number of halogens is 1. The van der Waals surface area contributed by atoms with Crippen molar-refractivity contribution in [2.45, 2.75) is 47.2 Å². The van der Waals surface area contributed by atoms with Crippen molar-refractivity contribution < 1.29 is 0 Å². The van der Waals surface area contributed by atoms with Crippen LogP contribution in [0.4, 0.5) is 5.95 Å². The van der Waals surface area contributed by atoms with E-state index in [1.165, 1.54) is 5.56 Å². The summed E-state index contributed by atoms with van der Waals surface area (Å²) < 4.78 is 3.26. The van der Waals surface area contributed by atoms with E-state index in [0.29, 0.717) is 30.2 Å². The SMILES string of the molecule is Cc1cnc(Cn2c(=O)n(CCCN3C=CC(C)C3)c3c(Cl)nc(N)nc32)c(C)c1C. The number of fused-ring (bicyclic) bond motifs is 1. The molecule has 0 spiro atoms. The Labute approximate surface area is 186 Å². The van der Waals surface area contributed by atoms with Gasteiger partial charge < -0.3 is 10.6 Å². The highest BCUT2D eigenvalue weighted by molar-refractivity contribution is 6.33. The molecule has 0 aliphatic carbocycles. The third kappa shape index (κ3) is 4.04. The van der Waals surface area contributed by atoms with Crippen molar-refractivity contribution in [3.63, 3.8) is 0 Å². The zero-order valence-corrected chi connectivity index (χ0v) is 19.1. The number of anilines is 1.